The van der Waals surface area contributed by atoms with E-state index < -0.39 is 47.8 Å². The molecule has 2 aromatic carbocycles. The lowest BCUT2D eigenvalue weighted by atomic mass is 10.0. The number of halogens is 2. The summed E-state index contributed by atoms with van der Waals surface area (Å²) in [5.41, 5.74) is 0.474. The molecule has 7 heteroatoms. The number of aryl methyl sites for hydroxylation is 1. The number of nitrogens with zero attached hydrogens (tertiary/aromatic N) is 1. The summed E-state index contributed by atoms with van der Waals surface area (Å²) in [6.45, 7) is -0.510. The average Bonchev–Trinajstić information content (AvgIpc) is 2.88. The van der Waals surface area contributed by atoms with E-state index in [1.54, 1.807) is 0 Å². The van der Waals surface area contributed by atoms with Crippen LogP contribution in [0.5, 0.6) is 0 Å². The molecular weight excluding hydrogens is 342 g/mol. The van der Waals surface area contributed by atoms with Gasteiger partial charge in [0, 0.05) is 0 Å². The Morgan fingerprint density at radius 1 is 1.04 bits per heavy atom. The summed E-state index contributed by atoms with van der Waals surface area (Å²) in [5, 5.41) is 12.7. The lowest BCUT2D eigenvalue weighted by Gasteiger charge is -2.19. The van der Waals surface area contributed by atoms with Gasteiger partial charge in [-0.2, -0.15) is 0 Å². The zero-order valence-electron chi connectivity index (χ0n) is 13.9. The maximum absolute atomic E-state index is 13.8. The standard InChI is InChI=1S/C19H18F2N2O3/c20-13-7-4-8-14(21)17(13)16(24)11-23-18(25)15(22-19(23)26)10-9-12-5-2-1-3-6-12/h1-8,15-16,24H,9-11H2,(H,22,26). The zero-order chi connectivity index (χ0) is 18.7. The number of hydrogen-bond donors (Lipinski definition) is 2. The van der Waals surface area contributed by atoms with Crippen molar-refractivity contribution < 1.29 is 23.5 Å². The molecule has 2 atom stereocenters. The van der Waals surface area contributed by atoms with E-state index in [1.165, 1.54) is 6.07 Å². The number of benzene rings is 2. The summed E-state index contributed by atoms with van der Waals surface area (Å²) >= 11 is 0. The van der Waals surface area contributed by atoms with Gasteiger partial charge in [0.15, 0.2) is 0 Å². The highest BCUT2D eigenvalue weighted by Gasteiger charge is 2.39. The molecule has 3 rings (SSSR count). The molecule has 2 N–H and O–H groups in total. The van der Waals surface area contributed by atoms with Crippen LogP contribution in [-0.2, 0) is 11.2 Å². The Hall–Kier alpha value is -2.80. The topological polar surface area (TPSA) is 69.6 Å². The molecule has 1 fully saturated rings. The summed E-state index contributed by atoms with van der Waals surface area (Å²) in [5.74, 6) is -2.36. The molecule has 26 heavy (non-hydrogen) atoms. The molecule has 2 unspecified atom stereocenters. The Kier molecular flexibility index (Phi) is 5.27. The molecule has 3 amide bonds. The molecule has 1 heterocycles. The summed E-state index contributed by atoms with van der Waals surface area (Å²) in [6, 6.07) is 11.3. The number of β-amino-alcohol motifs (C(OH)–C–C–N with tert-alkyl or cyclic N) is 1. The van der Waals surface area contributed by atoms with Crippen molar-refractivity contribution in [2.24, 2.45) is 0 Å². The smallest absolute Gasteiger partial charge is 0.324 e. The minimum atomic E-state index is -1.64. The second-order valence-corrected chi connectivity index (χ2v) is 6.13. The second-order valence-electron chi connectivity index (χ2n) is 6.13. The molecule has 136 valence electrons. The Morgan fingerprint density at radius 2 is 1.69 bits per heavy atom. The number of hydrogen-bond acceptors (Lipinski definition) is 3. The van der Waals surface area contributed by atoms with E-state index >= 15 is 0 Å². The van der Waals surface area contributed by atoms with Crippen molar-refractivity contribution >= 4 is 11.9 Å². The predicted octanol–water partition coefficient (Wildman–Crippen LogP) is 2.55. The van der Waals surface area contributed by atoms with Gasteiger partial charge in [-0.15, -0.1) is 0 Å². The van der Waals surface area contributed by atoms with E-state index in [9.17, 15) is 23.5 Å². The fourth-order valence-corrected chi connectivity index (χ4v) is 2.99. The monoisotopic (exact) mass is 360 g/mol. The quantitative estimate of drug-likeness (QED) is 0.778. The van der Waals surface area contributed by atoms with Gasteiger partial charge in [-0.05, 0) is 30.5 Å². The first-order valence-electron chi connectivity index (χ1n) is 8.25. The van der Waals surface area contributed by atoms with Gasteiger partial charge in [-0.25, -0.2) is 13.6 Å². The van der Waals surface area contributed by atoms with Gasteiger partial charge in [0.25, 0.3) is 5.91 Å². The first-order valence-corrected chi connectivity index (χ1v) is 8.25. The summed E-state index contributed by atoms with van der Waals surface area (Å²) in [7, 11) is 0. The first kappa shape index (κ1) is 18.0. The number of urea groups is 1. The van der Waals surface area contributed by atoms with Crippen molar-refractivity contribution in [3.8, 4) is 0 Å². The molecule has 0 saturated carbocycles. The molecule has 0 radical (unpaired) electrons. The van der Waals surface area contributed by atoms with E-state index in [2.05, 4.69) is 5.32 Å². The van der Waals surface area contributed by atoms with Crippen molar-refractivity contribution in [2.45, 2.75) is 25.0 Å². The Balaban J connectivity index is 1.65. The van der Waals surface area contributed by atoms with Crippen LogP contribution in [0.15, 0.2) is 48.5 Å². The van der Waals surface area contributed by atoms with Crippen molar-refractivity contribution in [3.05, 3.63) is 71.3 Å². The fraction of sp³-hybridized carbons (Fsp3) is 0.263. The van der Waals surface area contributed by atoms with Crippen molar-refractivity contribution in [2.75, 3.05) is 6.54 Å². The van der Waals surface area contributed by atoms with E-state index in [4.69, 9.17) is 0 Å². The van der Waals surface area contributed by atoms with Gasteiger partial charge in [0.1, 0.15) is 23.8 Å². The van der Waals surface area contributed by atoms with Gasteiger partial charge in [0.2, 0.25) is 0 Å². The fourth-order valence-electron chi connectivity index (χ4n) is 2.99. The number of rotatable bonds is 6. The van der Waals surface area contributed by atoms with Crippen LogP contribution < -0.4 is 5.32 Å². The van der Waals surface area contributed by atoms with Crippen LogP contribution in [0.25, 0.3) is 0 Å². The second kappa shape index (κ2) is 7.61. The number of amides is 3. The number of imide groups is 1. The minimum Gasteiger partial charge on any atom is -0.386 e. The molecule has 0 aromatic heterocycles. The normalized spacial score (nSPS) is 18.1. The molecule has 0 spiro atoms. The van der Waals surface area contributed by atoms with Crippen molar-refractivity contribution in [3.63, 3.8) is 0 Å². The zero-order valence-corrected chi connectivity index (χ0v) is 13.9. The largest absolute Gasteiger partial charge is 0.386 e. The summed E-state index contributed by atoms with van der Waals surface area (Å²) in [6.07, 6.45) is -0.649. The van der Waals surface area contributed by atoms with Gasteiger partial charge in [-0.3, -0.25) is 9.69 Å². The van der Waals surface area contributed by atoms with Gasteiger partial charge >= 0.3 is 6.03 Å². The van der Waals surface area contributed by atoms with Crippen molar-refractivity contribution in [1.29, 1.82) is 0 Å². The molecule has 0 aliphatic carbocycles. The van der Waals surface area contributed by atoms with Gasteiger partial charge in [-0.1, -0.05) is 36.4 Å². The van der Waals surface area contributed by atoms with E-state index in [1.807, 2.05) is 30.3 Å². The molecule has 2 aromatic rings. The maximum Gasteiger partial charge on any atom is 0.324 e. The van der Waals surface area contributed by atoms with E-state index in [0.717, 1.165) is 22.6 Å². The number of carbonyl (C=O) groups is 2. The number of aliphatic hydroxyl groups is 1. The predicted molar refractivity (Wildman–Crippen MR) is 90.1 cm³/mol. The number of nitrogens with one attached hydrogen (secondary N) is 1. The highest BCUT2D eigenvalue weighted by Crippen LogP contribution is 2.23. The van der Waals surface area contributed by atoms with Crippen LogP contribution in [-0.4, -0.2) is 34.5 Å². The minimum absolute atomic E-state index is 0.398. The van der Waals surface area contributed by atoms with Crippen LogP contribution in [0.3, 0.4) is 0 Å². The maximum atomic E-state index is 13.8. The van der Waals surface area contributed by atoms with Crippen LogP contribution >= 0.6 is 0 Å². The Morgan fingerprint density at radius 3 is 2.35 bits per heavy atom. The highest BCUT2D eigenvalue weighted by molar-refractivity contribution is 6.04. The Bertz CT molecular complexity index is 793. The molecule has 0 bridgehead atoms. The average molecular weight is 360 g/mol. The van der Waals surface area contributed by atoms with Crippen LogP contribution in [0.4, 0.5) is 13.6 Å². The van der Waals surface area contributed by atoms with E-state index in [0.29, 0.717) is 12.8 Å². The lowest BCUT2D eigenvalue weighted by molar-refractivity contribution is -0.128. The lowest BCUT2D eigenvalue weighted by Crippen LogP contribution is -2.35. The van der Waals surface area contributed by atoms with Gasteiger partial charge in [0.05, 0.1) is 12.1 Å². The molecule has 1 aliphatic heterocycles. The van der Waals surface area contributed by atoms with Crippen molar-refractivity contribution in [1.82, 2.24) is 10.2 Å². The molecular formula is C19H18F2N2O3. The number of carbonyl (C=O) groups excluding carboxylic acids is 2. The molecule has 1 aliphatic rings. The van der Waals surface area contributed by atoms with Crippen LogP contribution in [0.1, 0.15) is 23.7 Å². The third-order valence-electron chi connectivity index (χ3n) is 4.36. The highest BCUT2D eigenvalue weighted by atomic mass is 19.1. The van der Waals surface area contributed by atoms with Crippen LogP contribution in [0, 0.1) is 11.6 Å². The first-order chi connectivity index (χ1) is 12.5. The molecule has 5 nitrogen and oxygen atoms in total. The van der Waals surface area contributed by atoms with Crippen LogP contribution in [0.2, 0.25) is 0 Å². The third-order valence-corrected chi connectivity index (χ3v) is 4.36. The summed E-state index contributed by atoms with van der Waals surface area (Å²) < 4.78 is 27.5. The van der Waals surface area contributed by atoms with Gasteiger partial charge < -0.3 is 10.4 Å². The third kappa shape index (κ3) is 3.72. The molecule has 1 saturated heterocycles. The Labute approximate surface area is 149 Å². The SMILES string of the molecule is O=C1NC(CCc2ccccc2)C(=O)N1CC(O)c1c(F)cccc1F. The van der Waals surface area contributed by atoms with E-state index in [-0.39, 0.29) is 0 Å². The summed E-state index contributed by atoms with van der Waals surface area (Å²) in [4.78, 5) is 25.3. The number of aliphatic hydroxyl groups excluding tert-OH is 1.